The fourth-order valence-electron chi connectivity index (χ4n) is 2.03. The number of hydrogen-bond donors (Lipinski definition) is 1. The van der Waals surface area contributed by atoms with Crippen LogP contribution in [0.5, 0.6) is 0 Å². The van der Waals surface area contributed by atoms with Crippen molar-refractivity contribution in [3.63, 3.8) is 0 Å². The van der Waals surface area contributed by atoms with Gasteiger partial charge in [-0.25, -0.2) is 14.4 Å². The minimum Gasteiger partial charge on any atom is -0.305 e. The Hall–Kier alpha value is -1.52. The van der Waals surface area contributed by atoms with Crippen LogP contribution < -0.4 is 5.32 Å². The molecule has 1 unspecified atom stereocenters. The molecule has 0 aliphatic heterocycles. The second kappa shape index (κ2) is 6.77. The summed E-state index contributed by atoms with van der Waals surface area (Å²) in [6.07, 6.45) is 2.67. The molecule has 0 aliphatic carbocycles. The Kier molecular flexibility index (Phi) is 5.04. The van der Waals surface area contributed by atoms with Crippen molar-refractivity contribution in [2.24, 2.45) is 0 Å². The molecule has 1 aromatic heterocycles. The minimum absolute atomic E-state index is 0.236. The monoisotopic (exact) mass is 293 g/mol. The van der Waals surface area contributed by atoms with Crippen molar-refractivity contribution >= 4 is 11.6 Å². The van der Waals surface area contributed by atoms with Gasteiger partial charge in [-0.3, -0.25) is 0 Å². The van der Waals surface area contributed by atoms with Gasteiger partial charge in [0.15, 0.2) is 0 Å². The highest BCUT2D eigenvalue weighted by Gasteiger charge is 2.18. The fourth-order valence-corrected chi connectivity index (χ4v) is 2.26. The molecule has 20 heavy (non-hydrogen) atoms. The van der Waals surface area contributed by atoms with E-state index in [0.717, 1.165) is 18.7 Å². The molecule has 0 spiro atoms. The first-order chi connectivity index (χ1) is 9.61. The number of halogens is 2. The van der Waals surface area contributed by atoms with E-state index in [9.17, 15) is 4.39 Å². The topological polar surface area (TPSA) is 37.8 Å². The summed E-state index contributed by atoms with van der Waals surface area (Å²) < 4.78 is 13.5. The lowest BCUT2D eigenvalue weighted by molar-refractivity contribution is 0.574. The summed E-state index contributed by atoms with van der Waals surface area (Å²) in [4.78, 5) is 8.51. The van der Waals surface area contributed by atoms with E-state index in [-0.39, 0.29) is 11.9 Å². The predicted octanol–water partition coefficient (Wildman–Crippen LogP) is 3.67. The maximum absolute atomic E-state index is 13.5. The molecule has 1 heterocycles. The molecule has 5 heteroatoms. The van der Waals surface area contributed by atoms with Gasteiger partial charge in [-0.1, -0.05) is 18.5 Å². The zero-order chi connectivity index (χ0) is 14.5. The molecular formula is C15H17ClFN3. The van der Waals surface area contributed by atoms with Crippen LogP contribution in [-0.4, -0.2) is 16.5 Å². The number of rotatable bonds is 5. The molecule has 2 aromatic rings. The van der Waals surface area contributed by atoms with E-state index in [1.807, 2.05) is 13.0 Å². The lowest BCUT2D eigenvalue weighted by Gasteiger charge is -2.20. The Morgan fingerprint density at radius 2 is 2.15 bits per heavy atom. The van der Waals surface area contributed by atoms with Crippen LogP contribution in [0.4, 0.5) is 4.39 Å². The molecular weight excluding hydrogens is 277 g/mol. The molecule has 0 saturated heterocycles. The van der Waals surface area contributed by atoms with Gasteiger partial charge in [0.25, 0.3) is 0 Å². The third-order valence-corrected chi connectivity index (χ3v) is 3.31. The van der Waals surface area contributed by atoms with Crippen LogP contribution in [0.1, 0.15) is 36.5 Å². The second-order valence-corrected chi connectivity index (χ2v) is 4.99. The number of hydrogen-bond acceptors (Lipinski definition) is 3. The summed E-state index contributed by atoms with van der Waals surface area (Å²) in [6.45, 7) is 4.69. The molecule has 0 aliphatic rings. The van der Waals surface area contributed by atoms with Crippen molar-refractivity contribution in [3.05, 3.63) is 58.4 Å². The van der Waals surface area contributed by atoms with Crippen LogP contribution >= 0.6 is 11.6 Å². The molecule has 1 N–H and O–H groups in total. The fraction of sp³-hybridized carbons (Fsp3) is 0.333. The van der Waals surface area contributed by atoms with Crippen LogP contribution in [-0.2, 0) is 0 Å². The largest absolute Gasteiger partial charge is 0.305 e. The lowest BCUT2D eigenvalue weighted by Crippen LogP contribution is -2.24. The van der Waals surface area contributed by atoms with Crippen LogP contribution in [0, 0.1) is 12.7 Å². The maximum atomic E-state index is 13.5. The van der Waals surface area contributed by atoms with E-state index in [1.54, 1.807) is 12.3 Å². The zero-order valence-electron chi connectivity index (χ0n) is 11.5. The highest BCUT2D eigenvalue weighted by Crippen LogP contribution is 2.28. The number of benzene rings is 1. The Morgan fingerprint density at radius 1 is 1.35 bits per heavy atom. The van der Waals surface area contributed by atoms with Gasteiger partial charge in [-0.15, -0.1) is 0 Å². The predicted molar refractivity (Wildman–Crippen MR) is 78.3 cm³/mol. The first-order valence-corrected chi connectivity index (χ1v) is 6.97. The SMILES string of the molecule is CCCNC(c1ccnc(C)n1)c1cc(F)ccc1Cl. The molecule has 3 nitrogen and oxygen atoms in total. The normalized spacial score (nSPS) is 12.4. The van der Waals surface area contributed by atoms with Gasteiger partial charge in [0, 0.05) is 11.2 Å². The van der Waals surface area contributed by atoms with E-state index in [4.69, 9.17) is 11.6 Å². The van der Waals surface area contributed by atoms with E-state index in [2.05, 4.69) is 22.2 Å². The average Bonchev–Trinajstić information content (AvgIpc) is 2.43. The summed E-state index contributed by atoms with van der Waals surface area (Å²) in [6, 6.07) is 5.96. The highest BCUT2D eigenvalue weighted by molar-refractivity contribution is 6.31. The van der Waals surface area contributed by atoms with Crippen molar-refractivity contribution in [1.82, 2.24) is 15.3 Å². The van der Waals surface area contributed by atoms with Crippen molar-refractivity contribution < 1.29 is 4.39 Å². The zero-order valence-corrected chi connectivity index (χ0v) is 12.3. The van der Waals surface area contributed by atoms with Crippen LogP contribution in [0.15, 0.2) is 30.5 Å². The Labute approximate surface area is 123 Å². The summed E-state index contributed by atoms with van der Waals surface area (Å²) in [5.74, 6) is 0.372. The van der Waals surface area contributed by atoms with E-state index in [1.165, 1.54) is 12.1 Å². The van der Waals surface area contributed by atoms with Gasteiger partial charge in [0.1, 0.15) is 11.6 Å². The molecule has 1 atom stereocenters. The van der Waals surface area contributed by atoms with E-state index >= 15 is 0 Å². The van der Waals surface area contributed by atoms with Gasteiger partial charge in [-0.05, 0) is 49.7 Å². The van der Waals surface area contributed by atoms with Crippen molar-refractivity contribution in [2.45, 2.75) is 26.3 Å². The average molecular weight is 294 g/mol. The van der Waals surface area contributed by atoms with Crippen molar-refractivity contribution in [2.75, 3.05) is 6.54 Å². The lowest BCUT2D eigenvalue weighted by atomic mass is 10.0. The van der Waals surface area contributed by atoms with Crippen molar-refractivity contribution in [3.8, 4) is 0 Å². The van der Waals surface area contributed by atoms with Crippen LogP contribution in [0.2, 0.25) is 5.02 Å². The molecule has 106 valence electrons. The van der Waals surface area contributed by atoms with Crippen molar-refractivity contribution in [1.29, 1.82) is 0 Å². The van der Waals surface area contributed by atoms with E-state index < -0.39 is 0 Å². The number of aromatic nitrogens is 2. The second-order valence-electron chi connectivity index (χ2n) is 4.58. The first kappa shape index (κ1) is 14.9. The summed E-state index contributed by atoms with van der Waals surface area (Å²) >= 11 is 6.21. The molecule has 0 fully saturated rings. The van der Waals surface area contributed by atoms with Gasteiger partial charge >= 0.3 is 0 Å². The number of aryl methyl sites for hydroxylation is 1. The minimum atomic E-state index is -0.307. The van der Waals surface area contributed by atoms with Gasteiger partial charge < -0.3 is 5.32 Å². The standard InChI is InChI=1S/C15H17ClFN3/c1-3-7-19-15(14-6-8-18-10(2)20-14)12-9-11(17)4-5-13(12)16/h4-6,8-9,15,19H,3,7H2,1-2H3. The third-order valence-electron chi connectivity index (χ3n) is 2.96. The number of nitrogens with zero attached hydrogens (tertiary/aromatic N) is 2. The summed E-state index contributed by atoms with van der Waals surface area (Å²) in [5, 5.41) is 3.88. The Balaban J connectivity index is 2.44. The van der Waals surface area contributed by atoms with Crippen LogP contribution in [0.3, 0.4) is 0 Å². The maximum Gasteiger partial charge on any atom is 0.125 e. The van der Waals surface area contributed by atoms with Crippen LogP contribution in [0.25, 0.3) is 0 Å². The third kappa shape index (κ3) is 3.52. The molecule has 2 rings (SSSR count). The van der Waals surface area contributed by atoms with Gasteiger partial charge in [0.05, 0.1) is 11.7 Å². The van der Waals surface area contributed by atoms with Gasteiger partial charge in [0.2, 0.25) is 0 Å². The summed E-state index contributed by atoms with van der Waals surface area (Å²) in [7, 11) is 0. The molecule has 0 bridgehead atoms. The quantitative estimate of drug-likeness (QED) is 0.914. The Morgan fingerprint density at radius 3 is 2.85 bits per heavy atom. The summed E-state index contributed by atoms with van der Waals surface area (Å²) in [5.41, 5.74) is 1.48. The first-order valence-electron chi connectivity index (χ1n) is 6.59. The Bertz CT molecular complexity index is 589. The molecule has 1 aromatic carbocycles. The molecule has 0 amide bonds. The number of nitrogens with one attached hydrogen (secondary N) is 1. The van der Waals surface area contributed by atoms with E-state index in [0.29, 0.717) is 16.4 Å². The smallest absolute Gasteiger partial charge is 0.125 e. The van der Waals surface area contributed by atoms with Gasteiger partial charge in [-0.2, -0.15) is 0 Å². The highest BCUT2D eigenvalue weighted by atomic mass is 35.5. The molecule has 0 radical (unpaired) electrons. The molecule has 0 saturated carbocycles.